The minimum atomic E-state index is -0.343. The molecule has 2 rings (SSSR count). The highest BCUT2D eigenvalue weighted by Crippen LogP contribution is 2.23. The number of nitrogens with one attached hydrogen (secondary N) is 2. The van der Waals surface area contributed by atoms with Gasteiger partial charge in [0.2, 0.25) is 5.91 Å². The van der Waals surface area contributed by atoms with Crippen LogP contribution in [0.5, 0.6) is 0 Å². The number of carbonyl (C=O) groups excluding carboxylic acids is 1. The first-order valence-electron chi connectivity index (χ1n) is 6.57. The minimum absolute atomic E-state index is 0.0179. The molecule has 2 N–H and O–H groups in total. The van der Waals surface area contributed by atoms with Crippen molar-refractivity contribution in [3.63, 3.8) is 0 Å². The SMILES string of the molecule is CC(C)CNC(=O)C(C)n1c(=S)[nH]c2ccc(Br)cc21. The molecule has 0 fully saturated rings. The smallest absolute Gasteiger partial charge is 0.242 e. The summed E-state index contributed by atoms with van der Waals surface area (Å²) in [5, 5.41) is 2.95. The second-order valence-corrected chi connectivity index (χ2v) is 6.58. The van der Waals surface area contributed by atoms with Gasteiger partial charge in [0.05, 0.1) is 11.0 Å². The molecule has 4 nitrogen and oxygen atoms in total. The van der Waals surface area contributed by atoms with Crippen LogP contribution in [0.15, 0.2) is 22.7 Å². The summed E-state index contributed by atoms with van der Waals surface area (Å²) < 4.78 is 3.37. The zero-order valence-electron chi connectivity index (χ0n) is 11.7. The van der Waals surface area contributed by atoms with Crippen molar-refractivity contribution >= 4 is 45.1 Å². The Labute approximate surface area is 131 Å². The fourth-order valence-electron chi connectivity index (χ4n) is 2.05. The lowest BCUT2D eigenvalue weighted by molar-refractivity contribution is -0.123. The van der Waals surface area contributed by atoms with Crippen molar-refractivity contribution < 1.29 is 4.79 Å². The van der Waals surface area contributed by atoms with Crippen LogP contribution >= 0.6 is 28.1 Å². The van der Waals surface area contributed by atoms with Crippen molar-refractivity contribution in [1.82, 2.24) is 14.9 Å². The molecule has 0 aliphatic carbocycles. The summed E-state index contributed by atoms with van der Waals surface area (Å²) in [6.07, 6.45) is 0. The van der Waals surface area contributed by atoms with Gasteiger partial charge in [-0.05, 0) is 43.3 Å². The number of hydrogen-bond donors (Lipinski definition) is 2. The van der Waals surface area contributed by atoms with Gasteiger partial charge in [0.1, 0.15) is 6.04 Å². The van der Waals surface area contributed by atoms with Crippen LogP contribution < -0.4 is 5.32 Å². The summed E-state index contributed by atoms with van der Waals surface area (Å²) in [4.78, 5) is 15.4. The van der Waals surface area contributed by atoms with Gasteiger partial charge in [-0.2, -0.15) is 0 Å². The zero-order chi connectivity index (χ0) is 14.9. The summed E-state index contributed by atoms with van der Waals surface area (Å²) in [5.74, 6) is 0.409. The Morgan fingerprint density at radius 1 is 1.45 bits per heavy atom. The zero-order valence-corrected chi connectivity index (χ0v) is 14.1. The molecule has 1 heterocycles. The van der Waals surface area contributed by atoms with E-state index in [4.69, 9.17) is 12.2 Å². The van der Waals surface area contributed by atoms with Crippen LogP contribution in [-0.4, -0.2) is 22.0 Å². The van der Waals surface area contributed by atoms with Crippen molar-refractivity contribution in [3.05, 3.63) is 27.4 Å². The number of H-pyrrole nitrogens is 1. The van der Waals surface area contributed by atoms with Gasteiger partial charge in [0, 0.05) is 11.0 Å². The van der Waals surface area contributed by atoms with Crippen LogP contribution in [0.3, 0.4) is 0 Å². The van der Waals surface area contributed by atoms with Crippen LogP contribution in [0, 0.1) is 10.7 Å². The Balaban J connectivity index is 2.36. The van der Waals surface area contributed by atoms with Gasteiger partial charge in [-0.25, -0.2) is 0 Å². The van der Waals surface area contributed by atoms with Gasteiger partial charge in [-0.15, -0.1) is 0 Å². The third-order valence-corrected chi connectivity index (χ3v) is 3.92. The first-order valence-corrected chi connectivity index (χ1v) is 7.77. The average Bonchev–Trinajstić information content (AvgIpc) is 2.70. The molecule has 0 spiro atoms. The number of benzene rings is 1. The first kappa shape index (κ1) is 15.3. The Bertz CT molecular complexity index is 689. The molecular weight excluding hydrogens is 338 g/mol. The van der Waals surface area contributed by atoms with Gasteiger partial charge in [-0.1, -0.05) is 29.8 Å². The van der Waals surface area contributed by atoms with E-state index < -0.39 is 0 Å². The lowest BCUT2D eigenvalue weighted by atomic mass is 10.2. The van der Waals surface area contributed by atoms with Crippen molar-refractivity contribution in [3.8, 4) is 0 Å². The molecule has 1 unspecified atom stereocenters. The van der Waals surface area contributed by atoms with Gasteiger partial charge in [-0.3, -0.25) is 4.79 Å². The molecule has 0 radical (unpaired) electrons. The number of carbonyl (C=O) groups is 1. The summed E-state index contributed by atoms with van der Waals surface area (Å²) in [6.45, 7) is 6.67. The lowest BCUT2D eigenvalue weighted by Gasteiger charge is -2.16. The topological polar surface area (TPSA) is 49.8 Å². The summed E-state index contributed by atoms with van der Waals surface area (Å²) in [6, 6.07) is 5.52. The molecule has 6 heteroatoms. The number of aromatic amines is 1. The maximum atomic E-state index is 12.2. The summed E-state index contributed by atoms with van der Waals surface area (Å²) in [5.41, 5.74) is 1.86. The number of amides is 1. The van der Waals surface area contributed by atoms with E-state index >= 15 is 0 Å². The van der Waals surface area contributed by atoms with E-state index in [-0.39, 0.29) is 11.9 Å². The second kappa shape index (κ2) is 6.10. The largest absolute Gasteiger partial charge is 0.354 e. The number of nitrogens with zero attached hydrogens (tertiary/aromatic N) is 1. The highest BCUT2D eigenvalue weighted by molar-refractivity contribution is 9.10. The molecule has 2 aromatic rings. The molecule has 1 aromatic heterocycles. The predicted molar refractivity (Wildman–Crippen MR) is 87.4 cm³/mol. The fraction of sp³-hybridized carbons (Fsp3) is 0.429. The molecule has 1 aromatic carbocycles. The first-order chi connectivity index (χ1) is 9.40. The van der Waals surface area contributed by atoms with E-state index in [2.05, 4.69) is 40.1 Å². The summed E-state index contributed by atoms with van der Waals surface area (Å²) >= 11 is 8.79. The summed E-state index contributed by atoms with van der Waals surface area (Å²) in [7, 11) is 0. The highest BCUT2D eigenvalue weighted by atomic mass is 79.9. The number of halogens is 1. The molecule has 1 atom stereocenters. The monoisotopic (exact) mass is 355 g/mol. The van der Waals surface area contributed by atoms with Gasteiger partial charge in [0.15, 0.2) is 4.77 Å². The van der Waals surface area contributed by atoms with Crippen LogP contribution in [-0.2, 0) is 4.79 Å². The van der Waals surface area contributed by atoms with E-state index in [1.165, 1.54) is 0 Å². The van der Waals surface area contributed by atoms with E-state index in [1.54, 1.807) is 0 Å². The fourth-order valence-corrected chi connectivity index (χ4v) is 2.76. The van der Waals surface area contributed by atoms with Crippen molar-refractivity contribution in [2.45, 2.75) is 26.8 Å². The van der Waals surface area contributed by atoms with Crippen LogP contribution in [0.4, 0.5) is 0 Å². The lowest BCUT2D eigenvalue weighted by Crippen LogP contribution is -2.33. The van der Waals surface area contributed by atoms with Crippen molar-refractivity contribution in [1.29, 1.82) is 0 Å². The van der Waals surface area contributed by atoms with E-state index in [1.807, 2.05) is 29.7 Å². The van der Waals surface area contributed by atoms with E-state index in [0.29, 0.717) is 17.2 Å². The maximum Gasteiger partial charge on any atom is 0.242 e. The quantitative estimate of drug-likeness (QED) is 0.819. The molecule has 0 aliphatic rings. The second-order valence-electron chi connectivity index (χ2n) is 5.28. The normalized spacial score (nSPS) is 12.8. The Kier molecular flexibility index (Phi) is 4.65. The minimum Gasteiger partial charge on any atom is -0.354 e. The molecule has 20 heavy (non-hydrogen) atoms. The maximum absolute atomic E-state index is 12.2. The molecule has 0 saturated carbocycles. The van der Waals surface area contributed by atoms with E-state index in [9.17, 15) is 4.79 Å². The molecule has 0 aliphatic heterocycles. The molecule has 0 bridgehead atoms. The standard InChI is InChI=1S/C14H18BrN3OS/c1-8(2)7-16-13(19)9(3)18-12-6-10(15)4-5-11(12)17-14(18)20/h4-6,8-9H,7H2,1-3H3,(H,16,19)(H,17,20). The van der Waals surface area contributed by atoms with Gasteiger partial charge >= 0.3 is 0 Å². The Morgan fingerprint density at radius 3 is 2.80 bits per heavy atom. The molecule has 1 amide bonds. The van der Waals surface area contributed by atoms with Crippen LogP contribution in [0.1, 0.15) is 26.8 Å². The third-order valence-electron chi connectivity index (χ3n) is 3.13. The van der Waals surface area contributed by atoms with Gasteiger partial charge in [0.25, 0.3) is 0 Å². The number of hydrogen-bond acceptors (Lipinski definition) is 2. The molecule has 108 valence electrons. The van der Waals surface area contributed by atoms with Crippen LogP contribution in [0.2, 0.25) is 0 Å². The van der Waals surface area contributed by atoms with Gasteiger partial charge < -0.3 is 14.9 Å². The van der Waals surface area contributed by atoms with Crippen molar-refractivity contribution in [2.24, 2.45) is 5.92 Å². The highest BCUT2D eigenvalue weighted by Gasteiger charge is 2.18. The Hall–Kier alpha value is -1.14. The molecule has 0 saturated heterocycles. The van der Waals surface area contributed by atoms with Crippen molar-refractivity contribution in [2.75, 3.05) is 6.54 Å². The Morgan fingerprint density at radius 2 is 2.15 bits per heavy atom. The average molecular weight is 356 g/mol. The molecular formula is C14H18BrN3OS. The number of rotatable bonds is 4. The number of imidazole rings is 1. The number of aromatic nitrogens is 2. The number of fused-ring (bicyclic) bond motifs is 1. The van der Waals surface area contributed by atoms with E-state index in [0.717, 1.165) is 15.5 Å². The van der Waals surface area contributed by atoms with Crippen LogP contribution in [0.25, 0.3) is 11.0 Å². The predicted octanol–water partition coefficient (Wildman–Crippen LogP) is 3.79. The third kappa shape index (κ3) is 3.12.